The predicted octanol–water partition coefficient (Wildman–Crippen LogP) is 2.91. The zero-order valence-corrected chi connectivity index (χ0v) is 12.3. The van der Waals surface area contributed by atoms with Gasteiger partial charge in [-0.2, -0.15) is 0 Å². The molecule has 3 aromatic rings. The van der Waals surface area contributed by atoms with E-state index in [9.17, 15) is 0 Å². The van der Waals surface area contributed by atoms with Crippen LogP contribution in [0.3, 0.4) is 0 Å². The molecule has 5 nitrogen and oxygen atoms in total. The molecule has 0 radical (unpaired) electrons. The Hall–Kier alpha value is -2.69. The molecule has 0 amide bonds. The van der Waals surface area contributed by atoms with Crippen molar-refractivity contribution in [1.82, 2.24) is 9.38 Å². The number of aryl methyl sites for hydroxylation is 1. The minimum atomic E-state index is 0.601. The first-order valence-electron chi connectivity index (χ1n) is 6.60. The van der Waals surface area contributed by atoms with E-state index in [1.54, 1.807) is 14.2 Å². The lowest BCUT2D eigenvalue weighted by molar-refractivity contribution is 0.394. The zero-order valence-electron chi connectivity index (χ0n) is 12.3. The van der Waals surface area contributed by atoms with E-state index in [4.69, 9.17) is 15.2 Å². The molecule has 0 saturated heterocycles. The van der Waals surface area contributed by atoms with Gasteiger partial charge in [0.25, 0.3) is 0 Å². The molecule has 0 aliphatic carbocycles. The van der Waals surface area contributed by atoms with E-state index >= 15 is 0 Å². The second-order valence-corrected chi connectivity index (χ2v) is 4.83. The number of aromatic nitrogens is 2. The standard InChI is InChI=1S/C16H17N3O2/c1-10-5-4-6-19-15(17)14(18-16(10)19)11-7-12(20-2)9-13(8-11)21-3/h4-9H,17H2,1-3H3. The van der Waals surface area contributed by atoms with Gasteiger partial charge < -0.3 is 15.2 Å². The summed E-state index contributed by atoms with van der Waals surface area (Å²) in [6, 6.07) is 9.58. The molecule has 3 rings (SSSR count). The molecule has 108 valence electrons. The summed E-state index contributed by atoms with van der Waals surface area (Å²) in [5.41, 5.74) is 9.76. The molecule has 0 aliphatic rings. The summed E-state index contributed by atoms with van der Waals surface area (Å²) in [5.74, 6) is 2.01. The van der Waals surface area contributed by atoms with Gasteiger partial charge in [-0.1, -0.05) is 6.07 Å². The smallest absolute Gasteiger partial charge is 0.142 e. The largest absolute Gasteiger partial charge is 0.497 e. The van der Waals surface area contributed by atoms with Gasteiger partial charge in [-0.3, -0.25) is 4.40 Å². The van der Waals surface area contributed by atoms with Gasteiger partial charge in [0.1, 0.15) is 28.7 Å². The summed E-state index contributed by atoms with van der Waals surface area (Å²) in [6.45, 7) is 2.01. The number of nitrogens with two attached hydrogens (primary N) is 1. The fourth-order valence-corrected chi connectivity index (χ4v) is 2.38. The van der Waals surface area contributed by atoms with E-state index in [-0.39, 0.29) is 0 Å². The van der Waals surface area contributed by atoms with Gasteiger partial charge in [0.2, 0.25) is 0 Å². The molecule has 0 spiro atoms. The fourth-order valence-electron chi connectivity index (χ4n) is 2.38. The van der Waals surface area contributed by atoms with Crippen LogP contribution in [0.1, 0.15) is 5.56 Å². The Morgan fingerprint density at radius 2 is 1.76 bits per heavy atom. The van der Waals surface area contributed by atoms with E-state index in [0.29, 0.717) is 17.3 Å². The van der Waals surface area contributed by atoms with Crippen LogP contribution in [0.15, 0.2) is 36.5 Å². The van der Waals surface area contributed by atoms with E-state index in [1.165, 1.54) is 0 Å². The van der Waals surface area contributed by atoms with Gasteiger partial charge in [-0.15, -0.1) is 0 Å². The van der Waals surface area contributed by atoms with E-state index in [2.05, 4.69) is 4.98 Å². The molecule has 0 aliphatic heterocycles. The number of benzene rings is 1. The second-order valence-electron chi connectivity index (χ2n) is 4.83. The van der Waals surface area contributed by atoms with Crippen molar-refractivity contribution in [2.24, 2.45) is 0 Å². The maximum Gasteiger partial charge on any atom is 0.142 e. The molecule has 2 N–H and O–H groups in total. The molecular weight excluding hydrogens is 266 g/mol. The highest BCUT2D eigenvalue weighted by atomic mass is 16.5. The fraction of sp³-hybridized carbons (Fsp3) is 0.188. The maximum absolute atomic E-state index is 6.24. The van der Waals surface area contributed by atoms with Gasteiger partial charge in [0.15, 0.2) is 0 Å². The summed E-state index contributed by atoms with van der Waals surface area (Å²) in [5, 5.41) is 0. The first kappa shape index (κ1) is 13.3. The number of fused-ring (bicyclic) bond motifs is 1. The molecule has 5 heteroatoms. The Morgan fingerprint density at radius 1 is 1.10 bits per heavy atom. The van der Waals surface area contributed by atoms with Crippen LogP contribution >= 0.6 is 0 Å². The Morgan fingerprint density at radius 3 is 2.33 bits per heavy atom. The number of imidazole rings is 1. The van der Waals surface area contributed by atoms with Crippen LogP contribution in [0.5, 0.6) is 11.5 Å². The number of methoxy groups -OCH3 is 2. The third kappa shape index (κ3) is 2.16. The molecular formula is C16H17N3O2. The normalized spacial score (nSPS) is 10.8. The Labute approximate surface area is 122 Å². The summed E-state index contributed by atoms with van der Waals surface area (Å²) in [4.78, 5) is 4.66. The number of nitrogens with zero attached hydrogens (tertiary/aromatic N) is 2. The Kier molecular flexibility index (Phi) is 3.17. The van der Waals surface area contributed by atoms with Crippen molar-refractivity contribution in [3.05, 3.63) is 42.1 Å². The Balaban J connectivity index is 2.25. The first-order valence-corrected chi connectivity index (χ1v) is 6.60. The quantitative estimate of drug-likeness (QED) is 0.803. The molecule has 0 saturated carbocycles. The first-order chi connectivity index (χ1) is 10.1. The average molecular weight is 283 g/mol. The Bertz CT molecular complexity index is 786. The average Bonchev–Trinajstić information content (AvgIpc) is 2.85. The monoisotopic (exact) mass is 283 g/mol. The highest BCUT2D eigenvalue weighted by Gasteiger charge is 2.14. The van der Waals surface area contributed by atoms with Crippen LogP contribution in [0, 0.1) is 6.92 Å². The summed E-state index contributed by atoms with van der Waals surface area (Å²) in [6.07, 6.45) is 1.91. The van der Waals surface area contributed by atoms with E-state index in [1.807, 2.05) is 47.9 Å². The summed E-state index contributed by atoms with van der Waals surface area (Å²) < 4.78 is 12.5. The van der Waals surface area contributed by atoms with Crippen LogP contribution in [0.2, 0.25) is 0 Å². The van der Waals surface area contributed by atoms with Crippen LogP contribution in [-0.4, -0.2) is 23.6 Å². The van der Waals surface area contributed by atoms with Gasteiger partial charge in [-0.25, -0.2) is 4.98 Å². The second kappa shape index (κ2) is 5.01. The number of anilines is 1. The lowest BCUT2D eigenvalue weighted by Gasteiger charge is -2.07. The number of rotatable bonds is 3. The van der Waals surface area contributed by atoms with Gasteiger partial charge >= 0.3 is 0 Å². The maximum atomic E-state index is 6.24. The molecule has 0 atom stereocenters. The van der Waals surface area contributed by atoms with Gasteiger partial charge in [0.05, 0.1) is 14.2 Å². The topological polar surface area (TPSA) is 61.8 Å². The molecule has 0 bridgehead atoms. The zero-order chi connectivity index (χ0) is 15.0. The van der Waals surface area contributed by atoms with Gasteiger partial charge in [0, 0.05) is 17.8 Å². The molecule has 2 aromatic heterocycles. The number of ether oxygens (including phenoxy) is 2. The van der Waals surface area contributed by atoms with Crippen LogP contribution < -0.4 is 15.2 Å². The lowest BCUT2D eigenvalue weighted by Crippen LogP contribution is -1.95. The van der Waals surface area contributed by atoms with E-state index < -0.39 is 0 Å². The molecule has 0 unspecified atom stereocenters. The minimum absolute atomic E-state index is 0.601. The minimum Gasteiger partial charge on any atom is -0.497 e. The van der Waals surface area contributed by atoms with Crippen molar-refractivity contribution in [3.8, 4) is 22.8 Å². The summed E-state index contributed by atoms with van der Waals surface area (Å²) >= 11 is 0. The van der Waals surface area contributed by atoms with Crippen molar-refractivity contribution >= 4 is 11.5 Å². The number of pyridine rings is 1. The SMILES string of the molecule is COc1cc(OC)cc(-c2nc3c(C)cccn3c2N)c1. The van der Waals surface area contributed by atoms with Crippen LogP contribution in [0.25, 0.3) is 16.9 Å². The molecule has 2 heterocycles. The molecule has 21 heavy (non-hydrogen) atoms. The lowest BCUT2D eigenvalue weighted by atomic mass is 10.1. The van der Waals surface area contributed by atoms with Crippen LogP contribution in [0.4, 0.5) is 5.82 Å². The third-order valence-electron chi connectivity index (χ3n) is 3.51. The van der Waals surface area contributed by atoms with Crippen molar-refractivity contribution < 1.29 is 9.47 Å². The van der Waals surface area contributed by atoms with Crippen LogP contribution in [-0.2, 0) is 0 Å². The highest BCUT2D eigenvalue weighted by molar-refractivity contribution is 5.77. The number of nitrogen functional groups attached to an aromatic ring is 1. The van der Waals surface area contributed by atoms with Crippen molar-refractivity contribution in [1.29, 1.82) is 0 Å². The predicted molar refractivity (Wildman–Crippen MR) is 82.9 cm³/mol. The molecule has 1 aromatic carbocycles. The van der Waals surface area contributed by atoms with Crippen molar-refractivity contribution in [2.75, 3.05) is 20.0 Å². The van der Waals surface area contributed by atoms with E-state index in [0.717, 1.165) is 22.5 Å². The van der Waals surface area contributed by atoms with Crippen molar-refractivity contribution in [2.45, 2.75) is 6.92 Å². The van der Waals surface area contributed by atoms with Crippen molar-refractivity contribution in [3.63, 3.8) is 0 Å². The third-order valence-corrected chi connectivity index (χ3v) is 3.51. The highest BCUT2D eigenvalue weighted by Crippen LogP contribution is 2.33. The summed E-state index contributed by atoms with van der Waals surface area (Å²) in [7, 11) is 3.24. The number of hydrogen-bond acceptors (Lipinski definition) is 4. The molecule has 0 fully saturated rings. The number of hydrogen-bond donors (Lipinski definition) is 1. The van der Waals surface area contributed by atoms with Gasteiger partial charge in [-0.05, 0) is 30.7 Å².